The van der Waals surface area contributed by atoms with Gasteiger partial charge in [0.25, 0.3) is 0 Å². The number of halogens is 1. The van der Waals surface area contributed by atoms with Gasteiger partial charge >= 0.3 is 5.63 Å². The Morgan fingerprint density at radius 1 is 1.37 bits per heavy atom. The van der Waals surface area contributed by atoms with Crippen LogP contribution in [0.2, 0.25) is 5.02 Å². The molecule has 4 nitrogen and oxygen atoms in total. The Morgan fingerprint density at radius 2 is 2.11 bits per heavy atom. The lowest BCUT2D eigenvalue weighted by Crippen LogP contribution is -2.12. The summed E-state index contributed by atoms with van der Waals surface area (Å²) >= 11 is 5.86. The predicted molar refractivity (Wildman–Crippen MR) is 74.7 cm³/mol. The van der Waals surface area contributed by atoms with E-state index in [4.69, 9.17) is 16.0 Å². The topological polar surface area (TPSA) is 62.8 Å². The van der Waals surface area contributed by atoms with Gasteiger partial charge in [0.2, 0.25) is 0 Å². The molecule has 19 heavy (non-hydrogen) atoms. The minimum absolute atomic E-state index is 0.0607. The number of hydrogen-bond donors (Lipinski definition) is 1. The van der Waals surface area contributed by atoms with E-state index in [0.717, 1.165) is 0 Å². The number of nitrogens with zero attached hydrogens (tertiary/aromatic N) is 1. The second-order valence-corrected chi connectivity index (χ2v) is 4.52. The van der Waals surface area contributed by atoms with Crippen molar-refractivity contribution in [1.29, 1.82) is 0 Å². The molecule has 2 rings (SSSR count). The average molecular weight is 278 g/mol. The summed E-state index contributed by atoms with van der Waals surface area (Å²) in [5.41, 5.74) is 0.421. The summed E-state index contributed by atoms with van der Waals surface area (Å²) in [4.78, 5) is 16.0. The molecule has 1 aromatic heterocycles. The van der Waals surface area contributed by atoms with Gasteiger partial charge in [0.05, 0.1) is 11.4 Å². The van der Waals surface area contributed by atoms with Crippen LogP contribution in [-0.4, -0.2) is 10.8 Å². The van der Waals surface area contributed by atoms with Gasteiger partial charge in [0, 0.05) is 11.1 Å². The molecule has 0 saturated carbocycles. The van der Waals surface area contributed by atoms with Crippen LogP contribution in [0.25, 0.3) is 0 Å². The summed E-state index contributed by atoms with van der Waals surface area (Å²) in [7, 11) is 0. The highest BCUT2D eigenvalue weighted by molar-refractivity contribution is 6.30. The molecule has 0 saturated heterocycles. The van der Waals surface area contributed by atoms with Crippen LogP contribution in [0.3, 0.4) is 0 Å². The molecule has 1 N–H and O–H groups in total. The lowest BCUT2D eigenvalue weighted by atomic mass is 10.1. The van der Waals surface area contributed by atoms with E-state index in [0.29, 0.717) is 22.2 Å². The minimum Gasteiger partial charge on any atom is -0.507 e. The lowest BCUT2D eigenvalue weighted by Gasteiger charge is -2.03. The smallest absolute Gasteiger partial charge is 0.348 e. The fourth-order valence-electron chi connectivity index (χ4n) is 1.72. The number of benzene rings is 1. The minimum atomic E-state index is -0.610. The van der Waals surface area contributed by atoms with Crippen molar-refractivity contribution in [2.24, 2.45) is 4.99 Å². The van der Waals surface area contributed by atoms with Crippen LogP contribution in [-0.2, 0) is 0 Å². The van der Waals surface area contributed by atoms with Crippen molar-refractivity contribution in [2.45, 2.75) is 13.8 Å². The average Bonchev–Trinajstić information content (AvgIpc) is 2.27. The van der Waals surface area contributed by atoms with Crippen molar-refractivity contribution in [2.75, 3.05) is 0 Å². The maximum atomic E-state index is 11.7. The fraction of sp³-hybridized carbons (Fsp3) is 0.143. The van der Waals surface area contributed by atoms with Gasteiger partial charge in [-0.1, -0.05) is 17.7 Å². The summed E-state index contributed by atoms with van der Waals surface area (Å²) in [5, 5.41) is 10.4. The number of aliphatic imine (C=N–C) groups is 1. The Labute approximate surface area is 115 Å². The zero-order valence-corrected chi connectivity index (χ0v) is 11.2. The van der Waals surface area contributed by atoms with Gasteiger partial charge < -0.3 is 9.52 Å². The summed E-state index contributed by atoms with van der Waals surface area (Å²) < 4.78 is 4.95. The zero-order valence-electron chi connectivity index (χ0n) is 10.5. The second-order valence-electron chi connectivity index (χ2n) is 4.08. The summed E-state index contributed by atoms with van der Waals surface area (Å²) in [5.74, 6) is 0.207. The molecule has 5 heteroatoms. The summed E-state index contributed by atoms with van der Waals surface area (Å²) in [6, 6.07) is 8.29. The quantitative estimate of drug-likeness (QED) is 0.855. The van der Waals surface area contributed by atoms with Crippen molar-refractivity contribution < 1.29 is 9.52 Å². The van der Waals surface area contributed by atoms with Crippen LogP contribution in [0.15, 0.2) is 44.5 Å². The Balaban J connectivity index is 2.51. The van der Waals surface area contributed by atoms with Crippen molar-refractivity contribution in [3.8, 4) is 5.75 Å². The van der Waals surface area contributed by atoms with E-state index in [1.807, 2.05) is 0 Å². The predicted octanol–water partition coefficient (Wildman–Crippen LogP) is 3.45. The molecule has 0 bridgehead atoms. The summed E-state index contributed by atoms with van der Waals surface area (Å²) in [6.07, 6.45) is 0. The maximum Gasteiger partial charge on any atom is 0.348 e. The normalized spacial score (nSPS) is 11.6. The highest BCUT2D eigenvalue weighted by atomic mass is 35.5. The second kappa shape index (κ2) is 5.28. The Morgan fingerprint density at radius 3 is 2.74 bits per heavy atom. The molecule has 0 radical (unpaired) electrons. The first kappa shape index (κ1) is 13.4. The molecular formula is C14H12ClNO3. The highest BCUT2D eigenvalue weighted by Gasteiger charge is 2.12. The molecule has 1 heterocycles. The zero-order chi connectivity index (χ0) is 14.0. The standard InChI is InChI=1S/C14H12ClNO3/c1-8-6-12(17)13(14(18)19-8)9(2)16-11-5-3-4-10(15)7-11/h3-7,17H,1-2H3. The van der Waals surface area contributed by atoms with Gasteiger partial charge in [-0.05, 0) is 32.0 Å². The van der Waals surface area contributed by atoms with Gasteiger partial charge in [-0.3, -0.25) is 4.99 Å². The van der Waals surface area contributed by atoms with Gasteiger partial charge in [0.1, 0.15) is 17.1 Å². The highest BCUT2D eigenvalue weighted by Crippen LogP contribution is 2.21. The molecule has 0 aliphatic heterocycles. The monoisotopic (exact) mass is 277 g/mol. The van der Waals surface area contributed by atoms with E-state index >= 15 is 0 Å². The van der Waals surface area contributed by atoms with Gasteiger partial charge in [0.15, 0.2) is 0 Å². The van der Waals surface area contributed by atoms with Crippen molar-refractivity contribution >= 4 is 23.0 Å². The Hall–Kier alpha value is -2.07. The number of aromatic hydroxyl groups is 1. The van der Waals surface area contributed by atoms with Crippen LogP contribution >= 0.6 is 11.6 Å². The molecule has 0 spiro atoms. The molecule has 0 atom stereocenters. The lowest BCUT2D eigenvalue weighted by molar-refractivity contribution is 0.432. The Kier molecular flexibility index (Phi) is 3.71. The van der Waals surface area contributed by atoms with Crippen LogP contribution in [0, 0.1) is 6.92 Å². The van der Waals surface area contributed by atoms with Gasteiger partial charge in [-0.2, -0.15) is 0 Å². The molecule has 1 aromatic carbocycles. The maximum absolute atomic E-state index is 11.7. The van der Waals surface area contributed by atoms with E-state index in [2.05, 4.69) is 4.99 Å². The number of hydrogen-bond acceptors (Lipinski definition) is 4. The number of aryl methyl sites for hydroxylation is 1. The molecule has 98 valence electrons. The van der Waals surface area contributed by atoms with Crippen molar-refractivity contribution in [3.05, 3.63) is 57.1 Å². The molecule has 2 aromatic rings. The van der Waals surface area contributed by atoms with Gasteiger partial charge in [-0.25, -0.2) is 4.79 Å². The Bertz CT molecular complexity index is 704. The first-order valence-electron chi connectivity index (χ1n) is 5.62. The molecule has 0 fully saturated rings. The third kappa shape index (κ3) is 3.03. The van der Waals surface area contributed by atoms with E-state index < -0.39 is 5.63 Å². The van der Waals surface area contributed by atoms with Crippen molar-refractivity contribution in [3.63, 3.8) is 0 Å². The SMILES string of the molecule is CC(=Nc1cccc(Cl)c1)c1c(O)cc(C)oc1=O. The molecule has 0 amide bonds. The van der Waals surface area contributed by atoms with Crippen molar-refractivity contribution in [1.82, 2.24) is 0 Å². The molecule has 0 unspecified atom stereocenters. The fourth-order valence-corrected chi connectivity index (χ4v) is 1.91. The van der Waals surface area contributed by atoms with E-state index in [1.165, 1.54) is 6.07 Å². The van der Waals surface area contributed by atoms with Crippen LogP contribution < -0.4 is 5.63 Å². The molecule has 0 aliphatic carbocycles. The largest absolute Gasteiger partial charge is 0.507 e. The first-order valence-corrected chi connectivity index (χ1v) is 6.00. The first-order chi connectivity index (χ1) is 8.97. The molecular weight excluding hydrogens is 266 g/mol. The van der Waals surface area contributed by atoms with E-state index in [-0.39, 0.29) is 11.3 Å². The van der Waals surface area contributed by atoms with Crippen LogP contribution in [0.1, 0.15) is 18.2 Å². The number of rotatable bonds is 2. The van der Waals surface area contributed by atoms with Gasteiger partial charge in [-0.15, -0.1) is 0 Å². The third-order valence-corrected chi connectivity index (χ3v) is 2.76. The van der Waals surface area contributed by atoms with Crippen LogP contribution in [0.4, 0.5) is 5.69 Å². The summed E-state index contributed by atoms with van der Waals surface area (Å²) in [6.45, 7) is 3.22. The van der Waals surface area contributed by atoms with E-state index in [1.54, 1.807) is 38.1 Å². The van der Waals surface area contributed by atoms with E-state index in [9.17, 15) is 9.90 Å². The third-order valence-electron chi connectivity index (χ3n) is 2.52. The van der Waals surface area contributed by atoms with Crippen LogP contribution in [0.5, 0.6) is 5.75 Å². The molecule has 0 aliphatic rings.